The van der Waals surface area contributed by atoms with E-state index in [1.165, 1.54) is 35.6 Å². The molecule has 0 amide bonds. The average molecular weight is 353 g/mol. The molecule has 1 aliphatic heterocycles. The van der Waals surface area contributed by atoms with Crippen LogP contribution in [0.4, 0.5) is 13.2 Å². The third-order valence-corrected chi connectivity index (χ3v) is 4.00. The Kier molecular flexibility index (Phi) is 4.15. The van der Waals surface area contributed by atoms with Crippen LogP contribution in [0.5, 0.6) is 5.75 Å². The zero-order chi connectivity index (χ0) is 17.3. The molecule has 0 N–H and O–H groups in total. The maximum absolute atomic E-state index is 12.4. The molecule has 8 heteroatoms. The Balaban J connectivity index is 1.94. The number of thiophene rings is 1. The van der Waals surface area contributed by atoms with E-state index >= 15 is 0 Å². The highest BCUT2D eigenvalue weighted by Gasteiger charge is 2.32. The maximum atomic E-state index is 12.4. The van der Waals surface area contributed by atoms with E-state index < -0.39 is 18.1 Å². The van der Waals surface area contributed by atoms with E-state index in [-0.39, 0.29) is 17.2 Å². The monoisotopic (exact) mass is 353 g/mol. The second-order valence-corrected chi connectivity index (χ2v) is 6.12. The Morgan fingerprint density at radius 2 is 1.96 bits per heavy atom. The van der Waals surface area contributed by atoms with Crippen molar-refractivity contribution in [2.45, 2.75) is 13.3 Å². The number of alkyl halides is 3. The van der Waals surface area contributed by atoms with E-state index in [1.54, 1.807) is 6.07 Å². The molecule has 0 radical (unpaired) electrons. The highest BCUT2D eigenvalue weighted by atomic mass is 32.1. The molecular formula is C16H10F3NO3S. The number of benzene rings is 1. The number of aryl methyl sites for hydroxylation is 1. The normalized spacial score (nSPS) is 16.2. The molecule has 0 fully saturated rings. The lowest BCUT2D eigenvalue weighted by Crippen LogP contribution is -2.17. The highest BCUT2D eigenvalue weighted by Crippen LogP contribution is 2.29. The van der Waals surface area contributed by atoms with Gasteiger partial charge in [0.1, 0.15) is 5.75 Å². The lowest BCUT2D eigenvalue weighted by atomic mass is 10.1. The van der Waals surface area contributed by atoms with Crippen LogP contribution in [0.15, 0.2) is 47.1 Å². The average Bonchev–Trinajstić information content (AvgIpc) is 3.06. The fourth-order valence-electron chi connectivity index (χ4n) is 2.03. The van der Waals surface area contributed by atoms with E-state index in [1.807, 2.05) is 13.0 Å². The van der Waals surface area contributed by atoms with Crippen molar-refractivity contribution in [1.82, 2.24) is 0 Å². The smallest absolute Gasteiger partial charge is 0.405 e. The van der Waals surface area contributed by atoms with Crippen molar-refractivity contribution in [2.75, 3.05) is 0 Å². The van der Waals surface area contributed by atoms with Gasteiger partial charge in [-0.2, -0.15) is 0 Å². The second-order valence-electron chi connectivity index (χ2n) is 4.83. The maximum Gasteiger partial charge on any atom is 0.573 e. The Morgan fingerprint density at radius 3 is 2.62 bits per heavy atom. The van der Waals surface area contributed by atoms with Gasteiger partial charge >= 0.3 is 12.3 Å². The van der Waals surface area contributed by atoms with Crippen LogP contribution in [-0.2, 0) is 9.53 Å². The first-order valence-corrected chi connectivity index (χ1v) is 7.57. The number of carbonyl (C=O) groups is 1. The van der Waals surface area contributed by atoms with Gasteiger partial charge in [0.05, 0.1) is 4.88 Å². The topological polar surface area (TPSA) is 47.9 Å². The number of hydrogen-bond acceptors (Lipinski definition) is 5. The standard InChI is InChI=1S/C16H10F3NO3S/c1-9-6-7-13(24-9)14-20-11(15(21)22-14)8-10-4-2-3-5-12(10)23-16(17,18)19/h2-8H,1H3/b11-8-. The molecule has 0 saturated heterocycles. The van der Waals surface area contributed by atoms with Crippen LogP contribution in [0.25, 0.3) is 6.08 Å². The number of cyclic esters (lactones) is 1. The molecule has 2 heterocycles. The number of para-hydroxylation sites is 1. The molecule has 124 valence electrons. The molecule has 0 aliphatic carbocycles. The molecule has 24 heavy (non-hydrogen) atoms. The van der Waals surface area contributed by atoms with Crippen LogP contribution in [0.1, 0.15) is 15.3 Å². The molecule has 0 saturated carbocycles. The summed E-state index contributed by atoms with van der Waals surface area (Å²) < 4.78 is 46.3. The van der Waals surface area contributed by atoms with Gasteiger partial charge in [0, 0.05) is 10.4 Å². The van der Waals surface area contributed by atoms with Gasteiger partial charge in [-0.15, -0.1) is 24.5 Å². The van der Waals surface area contributed by atoms with Gasteiger partial charge < -0.3 is 9.47 Å². The largest absolute Gasteiger partial charge is 0.573 e. The van der Waals surface area contributed by atoms with Crippen LogP contribution in [0, 0.1) is 6.92 Å². The van der Waals surface area contributed by atoms with Crippen molar-refractivity contribution in [3.63, 3.8) is 0 Å². The number of aliphatic imine (C=N–C) groups is 1. The third kappa shape index (κ3) is 3.65. The molecule has 0 bridgehead atoms. The first-order chi connectivity index (χ1) is 11.3. The lowest BCUT2D eigenvalue weighted by molar-refractivity contribution is -0.274. The zero-order valence-corrected chi connectivity index (χ0v) is 13.1. The van der Waals surface area contributed by atoms with E-state index in [0.29, 0.717) is 4.88 Å². The second kappa shape index (κ2) is 6.12. The molecule has 2 aromatic rings. The van der Waals surface area contributed by atoms with Crippen LogP contribution in [-0.4, -0.2) is 18.2 Å². The number of rotatable bonds is 3. The van der Waals surface area contributed by atoms with Gasteiger partial charge in [-0.3, -0.25) is 0 Å². The molecule has 0 unspecified atom stereocenters. The third-order valence-electron chi connectivity index (χ3n) is 3.01. The summed E-state index contributed by atoms with van der Waals surface area (Å²) in [6, 6.07) is 9.10. The Labute approximate surface area is 138 Å². The molecule has 1 aromatic carbocycles. The number of esters is 1. The summed E-state index contributed by atoms with van der Waals surface area (Å²) >= 11 is 1.40. The van der Waals surface area contributed by atoms with Crippen LogP contribution >= 0.6 is 11.3 Å². The lowest BCUT2D eigenvalue weighted by Gasteiger charge is -2.10. The minimum atomic E-state index is -4.83. The number of carbonyl (C=O) groups excluding carboxylic acids is 1. The summed E-state index contributed by atoms with van der Waals surface area (Å²) in [7, 11) is 0. The molecular weight excluding hydrogens is 343 g/mol. The van der Waals surface area contributed by atoms with Crippen molar-refractivity contribution in [1.29, 1.82) is 0 Å². The van der Waals surface area contributed by atoms with Gasteiger partial charge in [0.2, 0.25) is 5.90 Å². The number of halogens is 3. The summed E-state index contributed by atoms with van der Waals surface area (Å²) in [5.74, 6) is -1.00. The SMILES string of the molecule is Cc1ccc(C2=N/C(=C\c3ccccc3OC(F)(F)F)C(=O)O2)s1. The van der Waals surface area contributed by atoms with Gasteiger partial charge in [-0.05, 0) is 31.2 Å². The Hall–Kier alpha value is -2.61. The van der Waals surface area contributed by atoms with Crippen LogP contribution in [0.3, 0.4) is 0 Å². The summed E-state index contributed by atoms with van der Waals surface area (Å²) in [5.41, 5.74) is -0.0107. The van der Waals surface area contributed by atoms with Gasteiger partial charge in [0.25, 0.3) is 0 Å². The first kappa shape index (κ1) is 16.3. The van der Waals surface area contributed by atoms with Crippen LogP contribution in [0.2, 0.25) is 0 Å². The Morgan fingerprint density at radius 1 is 1.21 bits per heavy atom. The minimum Gasteiger partial charge on any atom is -0.405 e. The Bertz CT molecular complexity index is 852. The van der Waals surface area contributed by atoms with Crippen molar-refractivity contribution in [3.8, 4) is 5.75 Å². The molecule has 4 nitrogen and oxygen atoms in total. The molecule has 3 rings (SSSR count). The first-order valence-electron chi connectivity index (χ1n) is 6.76. The van der Waals surface area contributed by atoms with Crippen molar-refractivity contribution >= 4 is 29.3 Å². The zero-order valence-electron chi connectivity index (χ0n) is 12.3. The molecule has 1 aromatic heterocycles. The quantitative estimate of drug-likeness (QED) is 0.611. The minimum absolute atomic E-state index is 0.0779. The molecule has 1 aliphatic rings. The van der Waals surface area contributed by atoms with Crippen molar-refractivity contribution in [3.05, 3.63) is 57.4 Å². The number of ether oxygens (including phenoxy) is 2. The molecule has 0 atom stereocenters. The predicted octanol–water partition coefficient (Wildman–Crippen LogP) is 4.30. The summed E-state index contributed by atoms with van der Waals surface area (Å²) in [4.78, 5) is 17.7. The van der Waals surface area contributed by atoms with Gasteiger partial charge in [-0.1, -0.05) is 18.2 Å². The van der Waals surface area contributed by atoms with E-state index in [0.717, 1.165) is 10.9 Å². The van der Waals surface area contributed by atoms with Crippen molar-refractivity contribution < 1.29 is 27.4 Å². The highest BCUT2D eigenvalue weighted by molar-refractivity contribution is 7.14. The summed E-state index contributed by atoms with van der Waals surface area (Å²) in [6.45, 7) is 1.90. The van der Waals surface area contributed by atoms with E-state index in [9.17, 15) is 18.0 Å². The fraction of sp³-hybridized carbons (Fsp3) is 0.125. The van der Waals surface area contributed by atoms with Gasteiger partial charge in [0.15, 0.2) is 5.70 Å². The summed E-state index contributed by atoms with van der Waals surface area (Å²) in [5, 5.41) is 0. The van der Waals surface area contributed by atoms with Crippen LogP contribution < -0.4 is 4.74 Å². The number of nitrogens with zero attached hydrogens (tertiary/aromatic N) is 1. The number of hydrogen-bond donors (Lipinski definition) is 0. The molecule has 0 spiro atoms. The van der Waals surface area contributed by atoms with E-state index in [2.05, 4.69) is 9.73 Å². The van der Waals surface area contributed by atoms with E-state index in [4.69, 9.17) is 4.74 Å². The fourth-order valence-corrected chi connectivity index (χ4v) is 2.82. The summed E-state index contributed by atoms with van der Waals surface area (Å²) in [6.07, 6.45) is -3.62. The van der Waals surface area contributed by atoms with Crippen molar-refractivity contribution in [2.24, 2.45) is 4.99 Å². The van der Waals surface area contributed by atoms with Gasteiger partial charge in [-0.25, -0.2) is 9.79 Å². The predicted molar refractivity (Wildman–Crippen MR) is 82.8 cm³/mol.